The number of fused-ring (bicyclic) bond motifs is 5. The number of hydrogen-bond donors (Lipinski definition) is 0. The molecular formula is C39H56O6. The van der Waals surface area contributed by atoms with Gasteiger partial charge in [0.15, 0.2) is 5.79 Å². The van der Waals surface area contributed by atoms with E-state index in [1.165, 1.54) is 25.7 Å². The summed E-state index contributed by atoms with van der Waals surface area (Å²) in [7, 11) is 0. The van der Waals surface area contributed by atoms with E-state index in [0.717, 1.165) is 44.1 Å². The zero-order valence-corrected chi connectivity index (χ0v) is 28.4. The molecule has 1 heterocycles. The van der Waals surface area contributed by atoms with Gasteiger partial charge in [0.1, 0.15) is 6.10 Å². The molecule has 248 valence electrons. The van der Waals surface area contributed by atoms with Crippen molar-refractivity contribution in [1.82, 2.24) is 0 Å². The van der Waals surface area contributed by atoms with Gasteiger partial charge >= 0.3 is 11.9 Å². The van der Waals surface area contributed by atoms with Crippen molar-refractivity contribution in [2.45, 2.75) is 117 Å². The van der Waals surface area contributed by atoms with Gasteiger partial charge in [-0.1, -0.05) is 52.0 Å². The molecule has 0 N–H and O–H groups in total. The lowest BCUT2D eigenvalue weighted by molar-refractivity contribution is -0.242. The molecule has 6 nitrogen and oxygen atoms in total. The molecule has 4 aliphatic carbocycles. The molecule has 1 saturated heterocycles. The molecule has 4 unspecified atom stereocenters. The lowest BCUT2D eigenvalue weighted by Crippen LogP contribution is -2.60. The first-order valence-electron chi connectivity index (χ1n) is 18.0. The van der Waals surface area contributed by atoms with Crippen molar-refractivity contribution in [2.75, 3.05) is 19.8 Å². The zero-order chi connectivity index (χ0) is 31.8. The number of carbonyl (C=O) groups is 2. The van der Waals surface area contributed by atoms with Crippen molar-refractivity contribution in [3.63, 3.8) is 0 Å². The van der Waals surface area contributed by atoms with E-state index in [0.29, 0.717) is 67.3 Å². The van der Waals surface area contributed by atoms with Crippen LogP contribution in [0, 0.1) is 46.3 Å². The minimum atomic E-state index is -0.443. The number of allylic oxidation sites excluding steroid dienone is 1. The molecule has 5 aliphatic rings. The van der Waals surface area contributed by atoms with Crippen LogP contribution >= 0.6 is 0 Å². The van der Waals surface area contributed by atoms with Crippen LogP contribution in [0.25, 0.3) is 0 Å². The van der Waals surface area contributed by atoms with E-state index in [1.807, 2.05) is 44.2 Å². The van der Waals surface area contributed by atoms with Gasteiger partial charge in [-0.3, -0.25) is 0 Å². The second-order valence-electron chi connectivity index (χ2n) is 15.4. The summed E-state index contributed by atoms with van der Waals surface area (Å²) in [6, 6.07) is 9.54. The first-order valence-corrected chi connectivity index (χ1v) is 18.0. The van der Waals surface area contributed by atoms with E-state index in [1.54, 1.807) is 0 Å². The third-order valence-corrected chi connectivity index (χ3v) is 13.4. The summed E-state index contributed by atoms with van der Waals surface area (Å²) in [5.41, 5.74) is 1.88. The second-order valence-corrected chi connectivity index (χ2v) is 15.4. The third kappa shape index (κ3) is 6.04. The van der Waals surface area contributed by atoms with Gasteiger partial charge in [0.2, 0.25) is 0 Å². The fraction of sp³-hybridized carbons (Fsp3) is 0.744. The molecule has 1 spiro atoms. The normalized spacial score (nSPS) is 37.8. The Balaban J connectivity index is 1.23. The van der Waals surface area contributed by atoms with Crippen molar-refractivity contribution < 1.29 is 28.5 Å². The lowest BCUT2D eigenvalue weighted by atomic mass is 9.43. The van der Waals surface area contributed by atoms with Gasteiger partial charge in [0.25, 0.3) is 0 Å². The highest BCUT2D eigenvalue weighted by molar-refractivity contribution is 5.89. The first kappa shape index (κ1) is 32.7. The van der Waals surface area contributed by atoms with E-state index < -0.39 is 5.79 Å². The summed E-state index contributed by atoms with van der Waals surface area (Å²) in [5, 5.41) is 0. The van der Waals surface area contributed by atoms with Crippen LogP contribution in [-0.4, -0.2) is 43.7 Å². The van der Waals surface area contributed by atoms with Gasteiger partial charge in [-0.05, 0) is 117 Å². The number of carbonyl (C=O) groups excluding carboxylic acids is 2. The summed E-state index contributed by atoms with van der Waals surface area (Å²) in [5.74, 6) is 2.29. The van der Waals surface area contributed by atoms with Crippen LogP contribution in [0.5, 0.6) is 0 Å². The highest BCUT2D eigenvalue weighted by Gasteiger charge is 2.65. The summed E-state index contributed by atoms with van der Waals surface area (Å²) < 4.78 is 24.4. The molecule has 0 bridgehead atoms. The number of esters is 2. The average molecular weight is 621 g/mol. The molecule has 1 aliphatic heterocycles. The molecule has 9 atom stereocenters. The standard InChI is InChI=1S/C39H56O6/c1-6-27(35(40)42-7-2)15-11-12-26(3)30-16-17-31-34-32(18-19-38(30,31)5)37(4)20-21-39(43-22-23-44-39)25-29(37)24-33(34)45-36(41)28-13-9-8-10-14-28/h8-10,13-15,26,29-34H,6-7,11-12,16-25H2,1-5H3/b27-15+/t26-,29+,30-,31?,32?,33?,34?,37+,38-/m1/s1. The number of ether oxygens (including phenoxy) is 4. The number of hydrogen-bond acceptors (Lipinski definition) is 6. The predicted octanol–water partition coefficient (Wildman–Crippen LogP) is 8.54. The van der Waals surface area contributed by atoms with Gasteiger partial charge < -0.3 is 18.9 Å². The predicted molar refractivity (Wildman–Crippen MR) is 174 cm³/mol. The van der Waals surface area contributed by atoms with Crippen LogP contribution in [0.4, 0.5) is 0 Å². The maximum atomic E-state index is 13.6. The van der Waals surface area contributed by atoms with Crippen LogP contribution in [0.15, 0.2) is 42.0 Å². The highest BCUT2D eigenvalue weighted by Crippen LogP contribution is 2.69. The number of rotatable bonds is 9. The van der Waals surface area contributed by atoms with Crippen molar-refractivity contribution in [3.05, 3.63) is 47.5 Å². The van der Waals surface area contributed by atoms with E-state index in [2.05, 4.69) is 26.8 Å². The van der Waals surface area contributed by atoms with Crippen molar-refractivity contribution in [3.8, 4) is 0 Å². The van der Waals surface area contributed by atoms with Gasteiger partial charge in [0.05, 0.1) is 25.4 Å². The minimum Gasteiger partial charge on any atom is -0.463 e. The Labute approximate surface area is 271 Å². The summed E-state index contributed by atoms with van der Waals surface area (Å²) in [4.78, 5) is 25.9. The zero-order valence-electron chi connectivity index (χ0n) is 28.4. The SMILES string of the molecule is CCOC(=O)/C(=C/CC[C@@H](C)[C@H]1CCC2C3C(OC(=O)c4ccccc4)C[C@H]4CC5(CC[C@]4(C)C3CC[C@@]21C)OCCO5)CC. The van der Waals surface area contributed by atoms with Crippen molar-refractivity contribution in [2.24, 2.45) is 46.3 Å². The van der Waals surface area contributed by atoms with Gasteiger partial charge in [-0.25, -0.2) is 9.59 Å². The van der Waals surface area contributed by atoms with Gasteiger partial charge in [-0.2, -0.15) is 0 Å². The monoisotopic (exact) mass is 620 g/mol. The fourth-order valence-electron chi connectivity index (χ4n) is 11.1. The van der Waals surface area contributed by atoms with E-state index in [4.69, 9.17) is 18.9 Å². The Morgan fingerprint density at radius 2 is 1.71 bits per heavy atom. The second kappa shape index (κ2) is 13.1. The molecule has 0 amide bonds. The summed E-state index contributed by atoms with van der Waals surface area (Å²) in [6.07, 6.45) is 13.5. The minimum absolute atomic E-state index is 0.0874. The van der Waals surface area contributed by atoms with Gasteiger partial charge in [0, 0.05) is 24.3 Å². The van der Waals surface area contributed by atoms with Gasteiger partial charge in [-0.15, -0.1) is 0 Å². The lowest BCUT2D eigenvalue weighted by Gasteiger charge is -2.63. The average Bonchev–Trinajstić information content (AvgIpc) is 3.64. The number of benzene rings is 1. The van der Waals surface area contributed by atoms with E-state index >= 15 is 0 Å². The molecule has 4 saturated carbocycles. The van der Waals surface area contributed by atoms with E-state index in [-0.39, 0.29) is 28.9 Å². The quantitative estimate of drug-likeness (QED) is 0.204. The largest absolute Gasteiger partial charge is 0.463 e. The third-order valence-electron chi connectivity index (χ3n) is 13.4. The van der Waals surface area contributed by atoms with Crippen LogP contribution < -0.4 is 0 Å². The molecule has 1 aromatic rings. The Hall–Kier alpha value is -2.18. The summed E-state index contributed by atoms with van der Waals surface area (Å²) in [6.45, 7) is 13.2. The van der Waals surface area contributed by atoms with Crippen LogP contribution in [0.3, 0.4) is 0 Å². The van der Waals surface area contributed by atoms with Crippen molar-refractivity contribution >= 4 is 11.9 Å². The Bertz CT molecular complexity index is 1240. The Morgan fingerprint density at radius 3 is 2.42 bits per heavy atom. The Kier molecular flexibility index (Phi) is 9.56. The smallest absolute Gasteiger partial charge is 0.338 e. The molecule has 6 heteroatoms. The topological polar surface area (TPSA) is 71.1 Å². The van der Waals surface area contributed by atoms with E-state index in [9.17, 15) is 9.59 Å². The highest BCUT2D eigenvalue weighted by atomic mass is 16.7. The molecule has 0 radical (unpaired) electrons. The van der Waals surface area contributed by atoms with Crippen LogP contribution in [0.1, 0.15) is 116 Å². The first-order chi connectivity index (χ1) is 21.6. The van der Waals surface area contributed by atoms with Crippen molar-refractivity contribution in [1.29, 1.82) is 0 Å². The summed E-state index contributed by atoms with van der Waals surface area (Å²) >= 11 is 0. The molecule has 5 fully saturated rings. The van der Waals surface area contributed by atoms with Crippen LogP contribution in [0.2, 0.25) is 0 Å². The molecule has 1 aromatic carbocycles. The molecule has 6 rings (SSSR count). The fourth-order valence-corrected chi connectivity index (χ4v) is 11.1. The maximum Gasteiger partial charge on any atom is 0.338 e. The molecule has 0 aromatic heterocycles. The Morgan fingerprint density at radius 1 is 0.978 bits per heavy atom. The van der Waals surface area contributed by atoms with Crippen LogP contribution in [-0.2, 0) is 23.7 Å². The molecule has 45 heavy (non-hydrogen) atoms. The molecular weight excluding hydrogens is 564 g/mol. The maximum absolute atomic E-state index is 13.6.